The van der Waals surface area contributed by atoms with Crippen LogP contribution in [0.2, 0.25) is 0 Å². The summed E-state index contributed by atoms with van der Waals surface area (Å²) in [5.74, 6) is -1.42. The monoisotopic (exact) mass is 342 g/mol. The number of carboxylic acid groups (broad SMARTS) is 1. The highest BCUT2D eigenvalue weighted by Crippen LogP contribution is 2.35. The van der Waals surface area contributed by atoms with E-state index in [9.17, 15) is 14.4 Å². The molecule has 0 saturated carbocycles. The minimum absolute atomic E-state index is 0.0651. The molecule has 1 atom stereocenters. The number of nitrogens with one attached hydrogen (secondary N) is 1. The number of benzene rings is 1. The molecule has 7 nitrogen and oxygen atoms in total. The van der Waals surface area contributed by atoms with Crippen LogP contribution in [0, 0.1) is 6.92 Å². The lowest BCUT2D eigenvalue weighted by molar-refractivity contribution is -0.127. The molecule has 0 unspecified atom stereocenters. The highest BCUT2D eigenvalue weighted by atomic mass is 16.4. The van der Waals surface area contributed by atoms with Gasteiger partial charge in [-0.15, -0.1) is 0 Å². The van der Waals surface area contributed by atoms with E-state index in [0.29, 0.717) is 5.76 Å². The highest BCUT2D eigenvalue weighted by molar-refractivity contribution is 6.02. The number of aromatic carboxylic acids is 1. The summed E-state index contributed by atoms with van der Waals surface area (Å²) in [6.45, 7) is 1.62. The molecule has 2 N–H and O–H groups in total. The van der Waals surface area contributed by atoms with Crippen molar-refractivity contribution < 1.29 is 23.9 Å². The summed E-state index contributed by atoms with van der Waals surface area (Å²) in [4.78, 5) is 37.3. The number of rotatable bonds is 4. The van der Waals surface area contributed by atoms with Crippen LogP contribution in [0.25, 0.3) is 0 Å². The molecular weight excluding hydrogens is 324 g/mol. The number of hydrogen-bond donors (Lipinski definition) is 2. The number of fused-ring (bicyclic) bond motifs is 1. The lowest BCUT2D eigenvalue weighted by atomic mass is 9.89. The summed E-state index contributed by atoms with van der Waals surface area (Å²) in [7, 11) is 1.69. The minimum Gasteiger partial charge on any atom is -0.478 e. The molecule has 1 aromatic heterocycles. The van der Waals surface area contributed by atoms with Gasteiger partial charge in [-0.05, 0) is 24.6 Å². The average Bonchev–Trinajstić information content (AvgIpc) is 2.97. The van der Waals surface area contributed by atoms with Gasteiger partial charge in [-0.25, -0.2) is 4.79 Å². The standard InChI is InChI=1S/C18H18N2O5/c1-10-13(18(23)24)7-11(25-10)9-19-17(22)14-8-16(21)20(2)15-6-4-3-5-12(14)15/h3-7,14H,8-9H2,1-2H3,(H,19,22)(H,23,24)/t14-/m1/s1. The van der Waals surface area contributed by atoms with E-state index in [1.165, 1.54) is 6.07 Å². The third kappa shape index (κ3) is 3.13. The van der Waals surface area contributed by atoms with E-state index in [0.717, 1.165) is 11.3 Å². The van der Waals surface area contributed by atoms with Gasteiger partial charge in [-0.3, -0.25) is 9.59 Å². The van der Waals surface area contributed by atoms with Crippen LogP contribution >= 0.6 is 0 Å². The van der Waals surface area contributed by atoms with Crippen molar-refractivity contribution in [3.8, 4) is 0 Å². The molecule has 1 aliphatic heterocycles. The van der Waals surface area contributed by atoms with Crippen molar-refractivity contribution in [2.75, 3.05) is 11.9 Å². The number of anilines is 1. The first-order valence-corrected chi connectivity index (χ1v) is 7.84. The van der Waals surface area contributed by atoms with Crippen LogP contribution in [-0.2, 0) is 16.1 Å². The fraction of sp³-hybridized carbons (Fsp3) is 0.278. The highest BCUT2D eigenvalue weighted by Gasteiger charge is 2.33. The predicted octanol–water partition coefficient (Wildman–Crippen LogP) is 2.05. The van der Waals surface area contributed by atoms with Gasteiger partial charge in [0.2, 0.25) is 11.8 Å². The Bertz CT molecular complexity index is 855. The zero-order chi connectivity index (χ0) is 18.1. The summed E-state index contributed by atoms with van der Waals surface area (Å²) in [5, 5.41) is 11.8. The van der Waals surface area contributed by atoms with Gasteiger partial charge in [-0.2, -0.15) is 0 Å². The zero-order valence-electron chi connectivity index (χ0n) is 13.9. The third-order valence-electron chi connectivity index (χ3n) is 4.38. The van der Waals surface area contributed by atoms with Crippen molar-refractivity contribution in [1.29, 1.82) is 0 Å². The summed E-state index contributed by atoms with van der Waals surface area (Å²) in [6.07, 6.45) is 0.0942. The van der Waals surface area contributed by atoms with E-state index in [4.69, 9.17) is 9.52 Å². The second-order valence-electron chi connectivity index (χ2n) is 5.97. The molecule has 1 aliphatic rings. The van der Waals surface area contributed by atoms with Crippen molar-refractivity contribution in [2.24, 2.45) is 0 Å². The molecule has 1 aromatic carbocycles. The number of carbonyl (C=O) groups is 3. The van der Waals surface area contributed by atoms with Gasteiger partial charge in [0.15, 0.2) is 0 Å². The summed E-state index contributed by atoms with van der Waals surface area (Å²) in [5.41, 5.74) is 1.59. The molecular formula is C18H18N2O5. The van der Waals surface area contributed by atoms with Gasteiger partial charge < -0.3 is 19.7 Å². The topological polar surface area (TPSA) is 99.9 Å². The van der Waals surface area contributed by atoms with Crippen LogP contribution in [0.15, 0.2) is 34.7 Å². The molecule has 7 heteroatoms. The summed E-state index contributed by atoms with van der Waals surface area (Å²) in [6, 6.07) is 8.69. The van der Waals surface area contributed by atoms with Gasteiger partial charge in [0.1, 0.15) is 17.1 Å². The molecule has 25 heavy (non-hydrogen) atoms. The van der Waals surface area contributed by atoms with E-state index in [-0.39, 0.29) is 36.1 Å². The molecule has 0 radical (unpaired) electrons. The Morgan fingerprint density at radius 1 is 1.36 bits per heavy atom. The Labute approximate surface area is 144 Å². The molecule has 0 saturated heterocycles. The van der Waals surface area contributed by atoms with Gasteiger partial charge >= 0.3 is 5.97 Å². The fourth-order valence-corrected chi connectivity index (χ4v) is 3.02. The maximum atomic E-state index is 12.6. The van der Waals surface area contributed by atoms with Crippen LogP contribution in [0.4, 0.5) is 5.69 Å². The third-order valence-corrected chi connectivity index (χ3v) is 4.38. The largest absolute Gasteiger partial charge is 0.478 e. The van der Waals surface area contributed by atoms with Gasteiger partial charge in [0, 0.05) is 19.2 Å². The predicted molar refractivity (Wildman–Crippen MR) is 89.5 cm³/mol. The normalized spacial score (nSPS) is 16.5. The van der Waals surface area contributed by atoms with Crippen LogP contribution in [0.1, 0.15) is 39.8 Å². The fourth-order valence-electron chi connectivity index (χ4n) is 3.02. The maximum Gasteiger partial charge on any atom is 0.339 e. The van der Waals surface area contributed by atoms with Crippen LogP contribution < -0.4 is 10.2 Å². The Balaban J connectivity index is 1.76. The van der Waals surface area contributed by atoms with E-state index in [1.54, 1.807) is 18.9 Å². The van der Waals surface area contributed by atoms with Crippen molar-refractivity contribution in [1.82, 2.24) is 5.32 Å². The molecule has 2 heterocycles. The number of para-hydroxylation sites is 1. The van der Waals surface area contributed by atoms with Crippen molar-refractivity contribution in [3.63, 3.8) is 0 Å². The Hall–Kier alpha value is -3.09. The van der Waals surface area contributed by atoms with Crippen molar-refractivity contribution >= 4 is 23.5 Å². The number of nitrogens with zero attached hydrogens (tertiary/aromatic N) is 1. The van der Waals surface area contributed by atoms with Crippen LogP contribution in [0.5, 0.6) is 0 Å². The first-order valence-electron chi connectivity index (χ1n) is 7.84. The zero-order valence-corrected chi connectivity index (χ0v) is 13.9. The minimum atomic E-state index is -1.08. The SMILES string of the molecule is Cc1oc(CNC(=O)[C@@H]2CC(=O)N(C)c3ccccc32)cc1C(=O)O. The molecule has 2 amide bonds. The number of hydrogen-bond acceptors (Lipinski definition) is 4. The quantitative estimate of drug-likeness (QED) is 0.886. The Morgan fingerprint density at radius 3 is 2.76 bits per heavy atom. The Morgan fingerprint density at radius 2 is 2.08 bits per heavy atom. The lowest BCUT2D eigenvalue weighted by Gasteiger charge is -2.30. The van der Waals surface area contributed by atoms with Gasteiger partial charge in [0.05, 0.1) is 12.5 Å². The molecule has 3 rings (SSSR count). The number of carboxylic acids is 1. The van der Waals surface area contributed by atoms with Crippen molar-refractivity contribution in [2.45, 2.75) is 25.8 Å². The van der Waals surface area contributed by atoms with E-state index in [1.807, 2.05) is 24.3 Å². The molecule has 0 bridgehead atoms. The molecule has 0 fully saturated rings. The molecule has 0 aliphatic carbocycles. The lowest BCUT2D eigenvalue weighted by Crippen LogP contribution is -2.39. The van der Waals surface area contributed by atoms with Crippen LogP contribution in [-0.4, -0.2) is 29.9 Å². The number of furan rings is 1. The van der Waals surface area contributed by atoms with E-state index < -0.39 is 11.9 Å². The maximum absolute atomic E-state index is 12.6. The number of amides is 2. The Kier molecular flexibility index (Phi) is 4.31. The first-order chi connectivity index (χ1) is 11.9. The second-order valence-corrected chi connectivity index (χ2v) is 5.97. The summed E-state index contributed by atoms with van der Waals surface area (Å²) < 4.78 is 5.35. The molecule has 2 aromatic rings. The smallest absolute Gasteiger partial charge is 0.339 e. The van der Waals surface area contributed by atoms with Crippen LogP contribution in [0.3, 0.4) is 0 Å². The number of aryl methyl sites for hydroxylation is 1. The molecule has 0 spiro atoms. The van der Waals surface area contributed by atoms with E-state index in [2.05, 4.69) is 5.32 Å². The first kappa shape index (κ1) is 16.8. The van der Waals surface area contributed by atoms with E-state index >= 15 is 0 Å². The second kappa shape index (κ2) is 6.43. The van der Waals surface area contributed by atoms with Crippen molar-refractivity contribution in [3.05, 3.63) is 53.0 Å². The van der Waals surface area contributed by atoms with Gasteiger partial charge in [-0.1, -0.05) is 18.2 Å². The summed E-state index contributed by atoms with van der Waals surface area (Å²) >= 11 is 0. The van der Waals surface area contributed by atoms with Gasteiger partial charge in [0.25, 0.3) is 0 Å². The molecule has 130 valence electrons. The average molecular weight is 342 g/mol. The number of carbonyl (C=O) groups excluding carboxylic acids is 2.